The molecule has 0 unspecified atom stereocenters. The third kappa shape index (κ3) is 3.77. The summed E-state index contributed by atoms with van der Waals surface area (Å²) in [7, 11) is 0. The summed E-state index contributed by atoms with van der Waals surface area (Å²) < 4.78 is 37.9. The molecule has 2 aromatic rings. The smallest absolute Gasteiger partial charge is 0.360 e. The minimum absolute atomic E-state index is 0.106. The summed E-state index contributed by atoms with van der Waals surface area (Å²) >= 11 is 0. The Morgan fingerprint density at radius 1 is 1.29 bits per heavy atom. The highest BCUT2D eigenvalue weighted by atomic mass is 19.4. The second kappa shape index (κ2) is 6.20. The Hall–Kier alpha value is -1.98. The lowest BCUT2D eigenvalue weighted by atomic mass is 10.1. The first kappa shape index (κ1) is 15.4. The van der Waals surface area contributed by atoms with Gasteiger partial charge in [0.2, 0.25) is 0 Å². The summed E-state index contributed by atoms with van der Waals surface area (Å²) in [5.74, 6) is -0.585. The van der Waals surface area contributed by atoms with Gasteiger partial charge in [0.15, 0.2) is 0 Å². The van der Waals surface area contributed by atoms with Crippen LogP contribution in [-0.2, 0) is 0 Å². The second-order valence-corrected chi connectivity index (χ2v) is 4.94. The van der Waals surface area contributed by atoms with E-state index in [-0.39, 0.29) is 12.1 Å². The third-order valence-electron chi connectivity index (χ3n) is 3.26. The van der Waals surface area contributed by atoms with Crippen LogP contribution in [0.4, 0.5) is 13.2 Å². The number of nitrogens with zero attached hydrogens (tertiary/aromatic N) is 1. The fraction of sp³-hybridized carbons (Fsp3) is 0.400. The molecule has 0 bridgehead atoms. The lowest BCUT2D eigenvalue weighted by Crippen LogP contribution is -2.39. The van der Waals surface area contributed by atoms with Gasteiger partial charge in [-0.15, -0.1) is 0 Å². The van der Waals surface area contributed by atoms with Crippen LogP contribution in [0, 0.1) is 0 Å². The van der Waals surface area contributed by atoms with Crippen molar-refractivity contribution in [1.29, 1.82) is 0 Å². The maximum absolute atomic E-state index is 12.6. The fourth-order valence-corrected chi connectivity index (χ4v) is 2.24. The van der Waals surface area contributed by atoms with E-state index in [1.54, 1.807) is 24.3 Å². The molecule has 0 fully saturated rings. The van der Waals surface area contributed by atoms with Gasteiger partial charge in [-0.3, -0.25) is 4.79 Å². The van der Waals surface area contributed by atoms with E-state index in [9.17, 15) is 18.0 Å². The molecule has 1 amide bonds. The van der Waals surface area contributed by atoms with E-state index in [0.717, 1.165) is 16.8 Å². The summed E-state index contributed by atoms with van der Waals surface area (Å²) in [6.07, 6.45) is -1.64. The highest BCUT2D eigenvalue weighted by molar-refractivity contribution is 6.06. The molecular formula is C15H17F3N2O. The lowest BCUT2D eigenvalue weighted by Gasteiger charge is -2.23. The topological polar surface area (TPSA) is 36.1 Å². The standard InChI is InChI=1S/C15H17F3N2O/c1-2-3-8-20(10-15(16,17)18)14(21)12-9-19-13-7-5-4-6-11(12)13/h4-7,9,19H,2-3,8,10H2,1H3. The molecule has 1 aromatic heterocycles. The molecule has 6 heteroatoms. The molecule has 0 saturated heterocycles. The zero-order chi connectivity index (χ0) is 15.5. The maximum atomic E-state index is 12.6. The number of H-pyrrole nitrogens is 1. The average molecular weight is 298 g/mol. The molecular weight excluding hydrogens is 281 g/mol. The van der Waals surface area contributed by atoms with Gasteiger partial charge in [-0.25, -0.2) is 0 Å². The Balaban J connectivity index is 2.28. The van der Waals surface area contributed by atoms with Gasteiger partial charge >= 0.3 is 6.18 Å². The summed E-state index contributed by atoms with van der Waals surface area (Å²) in [5, 5.41) is 0.645. The van der Waals surface area contributed by atoms with Crippen molar-refractivity contribution in [3.8, 4) is 0 Å². The summed E-state index contributed by atoms with van der Waals surface area (Å²) in [6.45, 7) is 0.766. The van der Waals surface area contributed by atoms with Gasteiger partial charge in [-0.2, -0.15) is 13.2 Å². The Kier molecular flexibility index (Phi) is 4.55. The number of hydrogen-bond donors (Lipinski definition) is 1. The van der Waals surface area contributed by atoms with Gasteiger partial charge < -0.3 is 9.88 Å². The molecule has 0 aliphatic rings. The normalized spacial score (nSPS) is 11.8. The number of aromatic nitrogens is 1. The molecule has 0 aliphatic heterocycles. The van der Waals surface area contributed by atoms with Crippen LogP contribution in [0.25, 0.3) is 10.9 Å². The number of benzene rings is 1. The molecule has 1 aromatic carbocycles. The molecule has 3 nitrogen and oxygen atoms in total. The van der Waals surface area contributed by atoms with E-state index >= 15 is 0 Å². The Bertz CT molecular complexity index is 619. The van der Waals surface area contributed by atoms with Crippen molar-refractivity contribution in [2.45, 2.75) is 25.9 Å². The SMILES string of the molecule is CCCCN(CC(F)(F)F)C(=O)c1c[nH]c2ccccc12. The lowest BCUT2D eigenvalue weighted by molar-refractivity contribution is -0.140. The summed E-state index contributed by atoms with van der Waals surface area (Å²) in [6, 6.07) is 7.07. The second-order valence-electron chi connectivity index (χ2n) is 4.94. The number of aromatic amines is 1. The number of rotatable bonds is 5. The van der Waals surface area contributed by atoms with Gasteiger partial charge in [0.05, 0.1) is 5.56 Å². The predicted molar refractivity (Wildman–Crippen MR) is 75.2 cm³/mol. The number of alkyl halides is 3. The molecule has 2 rings (SSSR count). The van der Waals surface area contributed by atoms with E-state index in [1.807, 2.05) is 6.92 Å². The first-order valence-corrected chi connectivity index (χ1v) is 6.84. The van der Waals surface area contributed by atoms with E-state index in [1.165, 1.54) is 6.20 Å². The van der Waals surface area contributed by atoms with Gasteiger partial charge in [0.1, 0.15) is 6.54 Å². The number of para-hydroxylation sites is 1. The van der Waals surface area contributed by atoms with E-state index < -0.39 is 18.6 Å². The van der Waals surface area contributed by atoms with Crippen molar-refractivity contribution in [3.63, 3.8) is 0 Å². The number of unbranched alkanes of at least 4 members (excludes halogenated alkanes) is 1. The number of amides is 1. The highest BCUT2D eigenvalue weighted by Gasteiger charge is 2.33. The van der Waals surface area contributed by atoms with Gasteiger partial charge in [-0.05, 0) is 12.5 Å². The molecule has 21 heavy (non-hydrogen) atoms. The van der Waals surface area contributed by atoms with Crippen LogP contribution >= 0.6 is 0 Å². The van der Waals surface area contributed by atoms with Crippen molar-refractivity contribution in [1.82, 2.24) is 9.88 Å². The first-order chi connectivity index (χ1) is 9.92. The average Bonchev–Trinajstić information content (AvgIpc) is 2.85. The Morgan fingerprint density at radius 2 is 2.00 bits per heavy atom. The largest absolute Gasteiger partial charge is 0.406 e. The minimum Gasteiger partial charge on any atom is -0.360 e. The Morgan fingerprint density at radius 3 is 2.67 bits per heavy atom. The van der Waals surface area contributed by atoms with E-state index in [2.05, 4.69) is 4.98 Å². The van der Waals surface area contributed by atoms with Crippen molar-refractivity contribution >= 4 is 16.8 Å². The molecule has 1 heterocycles. The summed E-state index contributed by atoms with van der Waals surface area (Å²) in [4.78, 5) is 16.2. The number of carbonyl (C=O) groups is 1. The molecule has 0 spiro atoms. The van der Waals surface area contributed by atoms with Crippen molar-refractivity contribution in [2.24, 2.45) is 0 Å². The number of carbonyl (C=O) groups excluding carboxylic acids is 1. The Labute approximate surface area is 120 Å². The van der Waals surface area contributed by atoms with E-state index in [4.69, 9.17) is 0 Å². The van der Waals surface area contributed by atoms with Crippen LogP contribution in [-0.4, -0.2) is 35.1 Å². The maximum Gasteiger partial charge on any atom is 0.406 e. The molecule has 1 N–H and O–H groups in total. The first-order valence-electron chi connectivity index (χ1n) is 6.84. The van der Waals surface area contributed by atoms with Crippen LogP contribution in [0.5, 0.6) is 0 Å². The molecule has 0 saturated carbocycles. The van der Waals surface area contributed by atoms with Crippen molar-refractivity contribution in [3.05, 3.63) is 36.0 Å². The van der Waals surface area contributed by atoms with Gasteiger partial charge in [-0.1, -0.05) is 31.5 Å². The van der Waals surface area contributed by atoms with E-state index in [0.29, 0.717) is 11.8 Å². The number of halogens is 3. The van der Waals surface area contributed by atoms with Crippen LogP contribution in [0.2, 0.25) is 0 Å². The molecule has 0 atom stereocenters. The summed E-state index contributed by atoms with van der Waals surface area (Å²) in [5.41, 5.74) is 1.02. The number of nitrogens with one attached hydrogen (secondary N) is 1. The van der Waals surface area contributed by atoms with Crippen molar-refractivity contribution < 1.29 is 18.0 Å². The zero-order valence-electron chi connectivity index (χ0n) is 11.7. The van der Waals surface area contributed by atoms with Crippen LogP contribution in [0.15, 0.2) is 30.5 Å². The minimum atomic E-state index is -4.39. The van der Waals surface area contributed by atoms with Gasteiger partial charge in [0.25, 0.3) is 5.91 Å². The number of hydrogen-bond acceptors (Lipinski definition) is 1. The highest BCUT2D eigenvalue weighted by Crippen LogP contribution is 2.22. The molecule has 0 aliphatic carbocycles. The fourth-order valence-electron chi connectivity index (χ4n) is 2.24. The number of fused-ring (bicyclic) bond motifs is 1. The van der Waals surface area contributed by atoms with Crippen LogP contribution in [0.1, 0.15) is 30.1 Å². The predicted octanol–water partition coefficient (Wildman–Crippen LogP) is 3.97. The van der Waals surface area contributed by atoms with Crippen LogP contribution in [0.3, 0.4) is 0 Å². The molecule has 114 valence electrons. The van der Waals surface area contributed by atoms with Crippen molar-refractivity contribution in [2.75, 3.05) is 13.1 Å². The molecule has 0 radical (unpaired) electrons. The monoisotopic (exact) mass is 298 g/mol. The zero-order valence-corrected chi connectivity index (χ0v) is 11.7. The third-order valence-corrected chi connectivity index (χ3v) is 3.26. The van der Waals surface area contributed by atoms with Crippen LogP contribution < -0.4 is 0 Å². The van der Waals surface area contributed by atoms with Gasteiger partial charge in [0, 0.05) is 23.6 Å². The quantitative estimate of drug-likeness (QED) is 0.890.